The van der Waals surface area contributed by atoms with Crippen LogP contribution < -0.4 is 5.32 Å². The van der Waals surface area contributed by atoms with Crippen LogP contribution in [0.2, 0.25) is 0 Å². The van der Waals surface area contributed by atoms with Crippen LogP contribution in [0.1, 0.15) is 75.8 Å². The number of hydrogen-bond acceptors (Lipinski definition) is 7. The molecule has 0 radical (unpaired) electrons. The van der Waals surface area contributed by atoms with E-state index >= 15 is 0 Å². The molecule has 3 fully saturated rings. The number of benzene rings is 1. The van der Waals surface area contributed by atoms with E-state index in [0.717, 1.165) is 31.2 Å². The molecule has 2 aromatic rings. The van der Waals surface area contributed by atoms with Crippen LogP contribution in [0.3, 0.4) is 0 Å². The van der Waals surface area contributed by atoms with Gasteiger partial charge >= 0.3 is 12.1 Å². The van der Waals surface area contributed by atoms with Crippen LogP contribution in [0.5, 0.6) is 0 Å². The molecule has 1 aromatic carbocycles. The lowest BCUT2D eigenvalue weighted by Gasteiger charge is -2.34. The van der Waals surface area contributed by atoms with Crippen molar-refractivity contribution >= 4 is 12.1 Å². The number of fused-ring (bicyclic) bond motifs is 2. The second-order valence-corrected chi connectivity index (χ2v) is 10.3. The molecule has 1 saturated carbocycles. The van der Waals surface area contributed by atoms with Gasteiger partial charge in [0.2, 0.25) is 11.8 Å². The second-order valence-electron chi connectivity index (χ2n) is 10.3. The van der Waals surface area contributed by atoms with E-state index in [9.17, 15) is 9.59 Å². The van der Waals surface area contributed by atoms with Crippen molar-refractivity contribution in [3.05, 3.63) is 47.7 Å². The lowest BCUT2D eigenvalue weighted by molar-refractivity contribution is -0.140. The molecule has 1 aliphatic carbocycles. The standard InChI is InChI=1S/C24H31N5O5/c1-24(2,3)34-22(30)25-17-11-16(12-17)20-26-27-21(33-20)19-10-9-18-13-28(19)23(31)29(18)32-14-15-7-5-4-6-8-15/h4-8,16-19H,9-14H2,1-3H3,(H,25,30)/t16-,17+,18-,19-/m0/s1. The highest BCUT2D eigenvalue weighted by molar-refractivity contribution is 5.77. The van der Waals surface area contributed by atoms with Gasteiger partial charge in [-0.1, -0.05) is 30.3 Å². The highest BCUT2D eigenvalue weighted by Crippen LogP contribution is 2.41. The highest BCUT2D eigenvalue weighted by Gasteiger charge is 2.48. The Morgan fingerprint density at radius 1 is 1.15 bits per heavy atom. The van der Waals surface area contributed by atoms with E-state index in [1.165, 1.54) is 5.06 Å². The quantitative estimate of drug-likeness (QED) is 0.683. The van der Waals surface area contributed by atoms with E-state index in [0.29, 0.717) is 24.9 Å². The topological polar surface area (TPSA) is 110 Å². The van der Waals surface area contributed by atoms with Gasteiger partial charge in [-0.25, -0.2) is 9.59 Å². The van der Waals surface area contributed by atoms with Crippen molar-refractivity contribution in [1.29, 1.82) is 0 Å². The first-order chi connectivity index (χ1) is 16.3. The molecule has 0 spiro atoms. The maximum atomic E-state index is 13.0. The van der Waals surface area contributed by atoms with Gasteiger partial charge in [0.1, 0.15) is 18.2 Å². The molecular weight excluding hydrogens is 438 g/mol. The molecule has 3 aliphatic rings. The minimum Gasteiger partial charge on any atom is -0.444 e. The van der Waals surface area contributed by atoms with E-state index in [2.05, 4.69) is 15.5 Å². The fourth-order valence-corrected chi connectivity index (χ4v) is 4.73. The number of rotatable bonds is 6. The zero-order valence-corrected chi connectivity index (χ0v) is 19.8. The molecule has 2 atom stereocenters. The van der Waals surface area contributed by atoms with Crippen LogP contribution >= 0.6 is 0 Å². The lowest BCUT2D eigenvalue weighted by Crippen LogP contribution is -2.45. The van der Waals surface area contributed by atoms with Crippen LogP contribution in [-0.2, 0) is 16.2 Å². The molecule has 5 rings (SSSR count). The molecule has 3 amide bonds. The Balaban J connectivity index is 1.15. The third kappa shape index (κ3) is 4.72. The van der Waals surface area contributed by atoms with Gasteiger partial charge in [0.25, 0.3) is 0 Å². The third-order valence-corrected chi connectivity index (χ3v) is 6.49. The number of hydrogen-bond donors (Lipinski definition) is 1. The third-order valence-electron chi connectivity index (χ3n) is 6.49. The van der Waals surface area contributed by atoms with E-state index < -0.39 is 11.7 Å². The summed E-state index contributed by atoms with van der Waals surface area (Å²) < 4.78 is 11.3. The van der Waals surface area contributed by atoms with Gasteiger partial charge in [0, 0.05) is 18.5 Å². The van der Waals surface area contributed by atoms with Gasteiger partial charge in [-0.15, -0.1) is 10.2 Å². The zero-order valence-electron chi connectivity index (χ0n) is 19.8. The van der Waals surface area contributed by atoms with Gasteiger partial charge < -0.3 is 19.4 Å². The average Bonchev–Trinajstić information content (AvgIpc) is 3.33. The van der Waals surface area contributed by atoms with E-state index in [-0.39, 0.29) is 30.1 Å². The smallest absolute Gasteiger partial charge is 0.407 e. The van der Waals surface area contributed by atoms with Crippen molar-refractivity contribution in [3.63, 3.8) is 0 Å². The van der Waals surface area contributed by atoms with Crippen molar-refractivity contribution in [2.45, 2.75) is 82.7 Å². The lowest BCUT2D eigenvalue weighted by atomic mass is 9.80. The minimum atomic E-state index is -0.525. The molecule has 2 aliphatic heterocycles. The zero-order chi connectivity index (χ0) is 23.9. The van der Waals surface area contributed by atoms with Gasteiger partial charge in [0.05, 0.1) is 6.04 Å². The number of nitrogens with one attached hydrogen (secondary N) is 1. The fourth-order valence-electron chi connectivity index (χ4n) is 4.73. The molecule has 34 heavy (non-hydrogen) atoms. The SMILES string of the molecule is CC(C)(C)OC(=O)N[C@H]1C[C@@H](c2nnc([C@@H]3CC[C@H]4CN3C(=O)N4OCc3ccccc3)o2)C1. The highest BCUT2D eigenvalue weighted by atomic mass is 16.7. The largest absolute Gasteiger partial charge is 0.444 e. The molecule has 2 saturated heterocycles. The number of carbonyl (C=O) groups excluding carboxylic acids is 2. The van der Waals surface area contributed by atoms with Crippen molar-refractivity contribution in [3.8, 4) is 0 Å². The Bertz CT molecular complexity index is 1030. The summed E-state index contributed by atoms with van der Waals surface area (Å²) in [5.74, 6) is 1.12. The van der Waals surface area contributed by atoms with Crippen LogP contribution in [-0.4, -0.2) is 56.5 Å². The summed E-state index contributed by atoms with van der Waals surface area (Å²) in [6, 6.07) is 9.46. The molecule has 10 nitrogen and oxygen atoms in total. The number of ether oxygens (including phenoxy) is 1. The van der Waals surface area contributed by atoms with Crippen molar-refractivity contribution < 1.29 is 23.6 Å². The first-order valence-corrected chi connectivity index (χ1v) is 11.9. The molecule has 2 bridgehead atoms. The molecule has 1 N–H and O–H groups in total. The number of nitrogens with zero attached hydrogens (tertiary/aromatic N) is 4. The monoisotopic (exact) mass is 469 g/mol. The number of alkyl carbamates (subject to hydrolysis) is 1. The Hall–Kier alpha value is -3.14. The van der Waals surface area contributed by atoms with Crippen molar-refractivity contribution in [1.82, 2.24) is 25.5 Å². The Morgan fingerprint density at radius 2 is 1.88 bits per heavy atom. The van der Waals surface area contributed by atoms with Crippen LogP contribution in [0.15, 0.2) is 34.7 Å². The Morgan fingerprint density at radius 3 is 2.62 bits per heavy atom. The average molecular weight is 470 g/mol. The molecule has 10 heteroatoms. The van der Waals surface area contributed by atoms with Crippen LogP contribution in [0.4, 0.5) is 9.59 Å². The Labute approximate surface area is 198 Å². The predicted octanol–water partition coefficient (Wildman–Crippen LogP) is 3.91. The minimum absolute atomic E-state index is 0.0288. The van der Waals surface area contributed by atoms with E-state index in [1.807, 2.05) is 51.1 Å². The van der Waals surface area contributed by atoms with Crippen molar-refractivity contribution in [2.24, 2.45) is 0 Å². The second kappa shape index (κ2) is 8.90. The predicted molar refractivity (Wildman–Crippen MR) is 120 cm³/mol. The first kappa shape index (κ1) is 22.6. The maximum Gasteiger partial charge on any atom is 0.407 e. The fraction of sp³-hybridized carbons (Fsp3) is 0.583. The Kier molecular flexibility index (Phi) is 5.93. The normalized spacial score (nSPS) is 26.4. The van der Waals surface area contributed by atoms with Gasteiger partial charge in [-0.3, -0.25) is 4.84 Å². The molecule has 1 aromatic heterocycles. The van der Waals surface area contributed by atoms with Crippen LogP contribution in [0.25, 0.3) is 0 Å². The summed E-state index contributed by atoms with van der Waals surface area (Å²) in [5.41, 5.74) is 0.493. The van der Waals surface area contributed by atoms with E-state index in [1.54, 1.807) is 4.90 Å². The summed E-state index contributed by atoms with van der Waals surface area (Å²) in [6.45, 7) is 6.45. The summed E-state index contributed by atoms with van der Waals surface area (Å²) >= 11 is 0. The number of hydroxylamine groups is 2. The van der Waals surface area contributed by atoms with Crippen LogP contribution in [0, 0.1) is 0 Å². The number of piperidine rings is 1. The number of aromatic nitrogens is 2. The summed E-state index contributed by atoms with van der Waals surface area (Å²) in [6.07, 6.45) is 2.58. The molecule has 182 valence electrons. The number of amides is 3. The summed E-state index contributed by atoms with van der Waals surface area (Å²) in [4.78, 5) is 32.6. The first-order valence-electron chi connectivity index (χ1n) is 11.9. The maximum absolute atomic E-state index is 13.0. The molecular formula is C24H31N5O5. The molecule has 3 heterocycles. The van der Waals surface area contributed by atoms with E-state index in [4.69, 9.17) is 14.0 Å². The summed E-state index contributed by atoms with van der Waals surface area (Å²) in [7, 11) is 0. The van der Waals surface area contributed by atoms with Gasteiger partial charge in [0.15, 0.2) is 0 Å². The van der Waals surface area contributed by atoms with Gasteiger partial charge in [-0.2, -0.15) is 5.06 Å². The van der Waals surface area contributed by atoms with Gasteiger partial charge in [-0.05, 0) is 52.0 Å². The number of urea groups is 1. The summed E-state index contributed by atoms with van der Waals surface area (Å²) in [5, 5.41) is 12.9. The molecule has 0 unspecified atom stereocenters. The van der Waals surface area contributed by atoms with Crippen molar-refractivity contribution in [2.75, 3.05) is 6.54 Å². The number of carbonyl (C=O) groups is 2.